The highest BCUT2D eigenvalue weighted by atomic mass is 16.5. The van der Waals surface area contributed by atoms with Gasteiger partial charge in [-0.25, -0.2) is 0 Å². The van der Waals surface area contributed by atoms with Crippen LogP contribution in [0.2, 0.25) is 0 Å². The molecule has 0 saturated heterocycles. The molecule has 0 radical (unpaired) electrons. The van der Waals surface area contributed by atoms with Crippen LogP contribution in [0, 0.1) is 0 Å². The number of anilines is 6. The van der Waals surface area contributed by atoms with E-state index in [4.69, 9.17) is 4.74 Å². The van der Waals surface area contributed by atoms with Gasteiger partial charge in [-0.15, -0.1) is 0 Å². The molecule has 0 amide bonds. The molecule has 58 heavy (non-hydrogen) atoms. The molecule has 2 aliphatic heterocycles. The Labute approximate surface area is 337 Å². The lowest BCUT2D eigenvalue weighted by atomic mass is 9.72. The highest BCUT2D eigenvalue weighted by molar-refractivity contribution is 6.26. The zero-order valence-corrected chi connectivity index (χ0v) is 32.3. The Morgan fingerprint density at radius 2 is 1.02 bits per heavy atom. The summed E-state index contributed by atoms with van der Waals surface area (Å²) >= 11 is 0. The topological polar surface area (TPSA) is 15.7 Å². The van der Waals surface area contributed by atoms with Crippen molar-refractivity contribution in [2.24, 2.45) is 0 Å². The van der Waals surface area contributed by atoms with Crippen LogP contribution in [-0.4, -0.2) is 0 Å². The molecular weight excluding hydrogens is 705 g/mol. The molecular formula is C55H38N2O. The van der Waals surface area contributed by atoms with E-state index in [0.717, 1.165) is 45.6 Å². The second kappa shape index (κ2) is 12.3. The third-order valence-corrected chi connectivity index (χ3v) is 12.5. The van der Waals surface area contributed by atoms with Crippen LogP contribution >= 0.6 is 0 Å². The average Bonchev–Trinajstić information content (AvgIpc) is 3.28. The molecule has 12 rings (SSSR count). The van der Waals surface area contributed by atoms with Gasteiger partial charge in [-0.3, -0.25) is 0 Å². The molecule has 0 spiro atoms. The van der Waals surface area contributed by atoms with Gasteiger partial charge in [-0.05, 0) is 103 Å². The van der Waals surface area contributed by atoms with Crippen LogP contribution < -0.4 is 14.5 Å². The van der Waals surface area contributed by atoms with E-state index in [0.29, 0.717) is 0 Å². The fraction of sp³-hybridized carbons (Fsp3) is 0.0545. The second-order valence-electron chi connectivity index (χ2n) is 16.1. The van der Waals surface area contributed by atoms with Gasteiger partial charge in [-0.1, -0.05) is 159 Å². The molecule has 0 N–H and O–H groups in total. The van der Waals surface area contributed by atoms with Crippen LogP contribution in [0.1, 0.15) is 25.0 Å². The predicted octanol–water partition coefficient (Wildman–Crippen LogP) is 15.7. The largest absolute Gasteiger partial charge is 0.453 e. The quantitative estimate of drug-likeness (QED) is 0.167. The molecule has 0 atom stereocenters. The fourth-order valence-corrected chi connectivity index (χ4v) is 9.93. The first-order chi connectivity index (χ1) is 28.5. The minimum atomic E-state index is -0.388. The Balaban J connectivity index is 1.15. The molecule has 10 aromatic carbocycles. The molecule has 0 unspecified atom stereocenters. The summed E-state index contributed by atoms with van der Waals surface area (Å²) in [5, 5.41) is 9.92. The van der Waals surface area contributed by atoms with E-state index < -0.39 is 0 Å². The third kappa shape index (κ3) is 4.68. The van der Waals surface area contributed by atoms with Gasteiger partial charge in [0, 0.05) is 27.7 Å². The van der Waals surface area contributed by atoms with Crippen LogP contribution in [0.3, 0.4) is 0 Å². The number of benzene rings is 10. The summed E-state index contributed by atoms with van der Waals surface area (Å²) in [4.78, 5) is 4.96. The van der Waals surface area contributed by atoms with Gasteiger partial charge in [0.05, 0.1) is 22.7 Å². The lowest BCUT2D eigenvalue weighted by Gasteiger charge is -2.46. The summed E-state index contributed by atoms with van der Waals surface area (Å²) in [6.07, 6.45) is 0. The van der Waals surface area contributed by atoms with Crippen LogP contribution in [0.15, 0.2) is 194 Å². The first-order valence-electron chi connectivity index (χ1n) is 20.1. The zero-order chi connectivity index (χ0) is 38.5. The van der Waals surface area contributed by atoms with Crippen molar-refractivity contribution in [2.45, 2.75) is 19.3 Å². The van der Waals surface area contributed by atoms with E-state index >= 15 is 0 Å². The van der Waals surface area contributed by atoms with Crippen LogP contribution in [-0.2, 0) is 5.41 Å². The molecule has 2 aliphatic rings. The number of para-hydroxylation sites is 1. The predicted molar refractivity (Wildman–Crippen MR) is 243 cm³/mol. The summed E-state index contributed by atoms with van der Waals surface area (Å²) in [7, 11) is 0. The van der Waals surface area contributed by atoms with Crippen LogP contribution in [0.4, 0.5) is 34.1 Å². The van der Waals surface area contributed by atoms with Crippen molar-refractivity contribution in [3.8, 4) is 22.6 Å². The normalized spacial score (nSPS) is 13.6. The van der Waals surface area contributed by atoms with Crippen molar-refractivity contribution in [3.63, 3.8) is 0 Å². The van der Waals surface area contributed by atoms with Crippen LogP contribution in [0.5, 0.6) is 11.5 Å². The summed E-state index contributed by atoms with van der Waals surface area (Å²) in [5.41, 5.74) is 11.2. The Morgan fingerprint density at radius 1 is 0.431 bits per heavy atom. The van der Waals surface area contributed by atoms with Gasteiger partial charge < -0.3 is 14.5 Å². The van der Waals surface area contributed by atoms with Gasteiger partial charge in [0.25, 0.3) is 0 Å². The summed E-state index contributed by atoms with van der Waals surface area (Å²) in [5.74, 6) is 1.74. The molecule has 0 bridgehead atoms. The minimum Gasteiger partial charge on any atom is -0.453 e. The van der Waals surface area contributed by atoms with E-state index in [1.807, 2.05) is 0 Å². The Hall–Kier alpha value is -7.36. The van der Waals surface area contributed by atoms with Crippen molar-refractivity contribution >= 4 is 77.2 Å². The molecule has 10 aromatic rings. The van der Waals surface area contributed by atoms with E-state index in [1.165, 1.54) is 65.3 Å². The van der Waals surface area contributed by atoms with Gasteiger partial charge >= 0.3 is 0 Å². The van der Waals surface area contributed by atoms with E-state index in [1.54, 1.807) is 0 Å². The fourth-order valence-electron chi connectivity index (χ4n) is 9.93. The summed E-state index contributed by atoms with van der Waals surface area (Å²) < 4.78 is 6.76. The maximum atomic E-state index is 6.76. The second-order valence-corrected chi connectivity index (χ2v) is 16.1. The standard InChI is InChI=1S/C55H38N2O/c1-55(2)47-22-12-25-50-54(47)57(53-40-17-7-6-16-37(40)28-33-51(53)58-50)49-24-13-23-48(52(49)55)56(38-29-26-36(27-30-38)35-14-4-3-5-15-35)39-31-32-45-43-20-9-8-18-41(43)42-19-10-11-21-44(42)46(45)34-39/h3-34H,1-2H3. The zero-order valence-electron chi connectivity index (χ0n) is 32.3. The molecule has 3 nitrogen and oxygen atoms in total. The lowest BCUT2D eigenvalue weighted by Crippen LogP contribution is -2.34. The van der Waals surface area contributed by atoms with Gasteiger partial charge in [0.15, 0.2) is 11.5 Å². The van der Waals surface area contributed by atoms with Crippen molar-refractivity contribution in [3.05, 3.63) is 205 Å². The minimum absolute atomic E-state index is 0.388. The van der Waals surface area contributed by atoms with Crippen molar-refractivity contribution in [1.29, 1.82) is 0 Å². The summed E-state index contributed by atoms with van der Waals surface area (Å²) in [6, 6.07) is 70.8. The van der Waals surface area contributed by atoms with E-state index in [2.05, 4.69) is 218 Å². The van der Waals surface area contributed by atoms with Crippen molar-refractivity contribution in [2.75, 3.05) is 9.80 Å². The lowest BCUT2D eigenvalue weighted by molar-refractivity contribution is 0.472. The number of hydrogen-bond acceptors (Lipinski definition) is 3. The Morgan fingerprint density at radius 3 is 1.76 bits per heavy atom. The molecule has 3 heteroatoms. The van der Waals surface area contributed by atoms with Gasteiger partial charge in [-0.2, -0.15) is 0 Å². The Bertz CT molecular complexity index is 3260. The monoisotopic (exact) mass is 742 g/mol. The highest BCUT2D eigenvalue weighted by Gasteiger charge is 2.44. The SMILES string of the molecule is CC1(C)c2cccc3c2N(c2cccc(N(c4ccc(-c5ccccc5)cc4)c4ccc5c6ccccc6c6ccccc6c5c4)c21)c1c(ccc2ccccc12)O3. The highest BCUT2D eigenvalue weighted by Crippen LogP contribution is 2.63. The van der Waals surface area contributed by atoms with E-state index in [-0.39, 0.29) is 5.41 Å². The smallest absolute Gasteiger partial charge is 0.152 e. The number of nitrogens with zero attached hydrogens (tertiary/aromatic N) is 2. The van der Waals surface area contributed by atoms with Crippen molar-refractivity contribution in [1.82, 2.24) is 0 Å². The molecule has 274 valence electrons. The van der Waals surface area contributed by atoms with Gasteiger partial charge in [0.2, 0.25) is 0 Å². The average molecular weight is 743 g/mol. The number of ether oxygens (including phenoxy) is 1. The summed E-state index contributed by atoms with van der Waals surface area (Å²) in [6.45, 7) is 4.75. The maximum absolute atomic E-state index is 6.76. The molecule has 2 heterocycles. The number of hydrogen-bond donors (Lipinski definition) is 0. The number of fused-ring (bicyclic) bond motifs is 12. The van der Waals surface area contributed by atoms with E-state index in [9.17, 15) is 0 Å². The maximum Gasteiger partial charge on any atom is 0.152 e. The first-order valence-corrected chi connectivity index (χ1v) is 20.1. The van der Waals surface area contributed by atoms with Gasteiger partial charge in [0.1, 0.15) is 0 Å². The molecule has 0 fully saturated rings. The molecule has 0 aromatic heterocycles. The van der Waals surface area contributed by atoms with Crippen LogP contribution in [0.25, 0.3) is 54.2 Å². The van der Waals surface area contributed by atoms with Crippen molar-refractivity contribution < 1.29 is 4.74 Å². The third-order valence-electron chi connectivity index (χ3n) is 12.5. The molecule has 0 saturated carbocycles. The number of rotatable bonds is 4. The molecule has 0 aliphatic carbocycles. The first kappa shape index (κ1) is 32.8. The Kier molecular flexibility index (Phi) is 6.98.